The smallest absolute Gasteiger partial charge is 0.323 e. The predicted molar refractivity (Wildman–Crippen MR) is 78.3 cm³/mol. The highest BCUT2D eigenvalue weighted by atomic mass is 16.3. The summed E-state index contributed by atoms with van der Waals surface area (Å²) in [7, 11) is 0. The number of aryl methyl sites for hydroxylation is 2. The third-order valence-electron chi connectivity index (χ3n) is 2.95. The Morgan fingerprint density at radius 1 is 1.00 bits per heavy atom. The molecule has 0 fully saturated rings. The van der Waals surface area contributed by atoms with Gasteiger partial charge in [-0.15, -0.1) is 0 Å². The van der Waals surface area contributed by atoms with Crippen molar-refractivity contribution < 1.29 is 15.0 Å². The number of nitrogens with one attached hydrogen (secondary N) is 2. The summed E-state index contributed by atoms with van der Waals surface area (Å²) < 4.78 is 0. The molecule has 0 aliphatic carbocycles. The lowest BCUT2D eigenvalue weighted by molar-refractivity contribution is 0.262. The summed E-state index contributed by atoms with van der Waals surface area (Å²) >= 11 is 0. The van der Waals surface area contributed by atoms with Gasteiger partial charge in [-0.3, -0.25) is 0 Å². The van der Waals surface area contributed by atoms with Gasteiger partial charge in [-0.05, 0) is 37.1 Å². The van der Waals surface area contributed by atoms with Crippen LogP contribution >= 0.6 is 0 Å². The van der Waals surface area contributed by atoms with E-state index in [2.05, 4.69) is 10.6 Å². The lowest BCUT2D eigenvalue weighted by atomic mass is 10.1. The number of anilines is 2. The van der Waals surface area contributed by atoms with Crippen molar-refractivity contribution in [1.29, 1.82) is 0 Å². The molecule has 4 N–H and O–H groups in total. The molecule has 0 bridgehead atoms. The number of hydrogen-bond donors (Lipinski definition) is 4. The standard InChI is InChI=1S/C15H16N2O3/c1-9-4-3-5-10(2)14(9)17-15(20)16-12-7-6-11(18)8-13(12)19/h3-8,18-19H,1-2H3,(H2,16,17,20). The number of carbonyl (C=O) groups excluding carboxylic acids is 1. The largest absolute Gasteiger partial charge is 0.508 e. The van der Waals surface area contributed by atoms with Gasteiger partial charge >= 0.3 is 6.03 Å². The third-order valence-corrected chi connectivity index (χ3v) is 2.95. The summed E-state index contributed by atoms with van der Waals surface area (Å²) in [5.74, 6) is -0.259. The second kappa shape index (κ2) is 5.52. The molecule has 0 aliphatic heterocycles. The zero-order chi connectivity index (χ0) is 14.7. The van der Waals surface area contributed by atoms with Gasteiger partial charge in [0.05, 0.1) is 5.69 Å². The highest BCUT2D eigenvalue weighted by Crippen LogP contribution is 2.27. The molecule has 2 aromatic rings. The Balaban J connectivity index is 2.13. The van der Waals surface area contributed by atoms with E-state index in [9.17, 15) is 15.0 Å². The Morgan fingerprint density at radius 2 is 1.65 bits per heavy atom. The molecule has 0 atom stereocenters. The summed E-state index contributed by atoms with van der Waals surface area (Å²) in [6.45, 7) is 3.81. The first-order valence-electron chi connectivity index (χ1n) is 6.13. The summed E-state index contributed by atoms with van der Waals surface area (Å²) in [4.78, 5) is 11.9. The Bertz CT molecular complexity index is 633. The highest BCUT2D eigenvalue weighted by Gasteiger charge is 2.09. The van der Waals surface area contributed by atoms with Gasteiger partial charge in [0.2, 0.25) is 0 Å². The maximum Gasteiger partial charge on any atom is 0.323 e. The van der Waals surface area contributed by atoms with Crippen LogP contribution in [-0.4, -0.2) is 16.2 Å². The lowest BCUT2D eigenvalue weighted by Crippen LogP contribution is -2.20. The molecule has 2 amide bonds. The number of amides is 2. The van der Waals surface area contributed by atoms with E-state index >= 15 is 0 Å². The van der Waals surface area contributed by atoms with Crippen LogP contribution in [0.25, 0.3) is 0 Å². The molecule has 0 saturated carbocycles. The van der Waals surface area contributed by atoms with E-state index in [1.807, 2.05) is 32.0 Å². The van der Waals surface area contributed by atoms with Crippen LogP contribution in [0.3, 0.4) is 0 Å². The van der Waals surface area contributed by atoms with E-state index in [-0.39, 0.29) is 17.2 Å². The molecule has 5 heteroatoms. The van der Waals surface area contributed by atoms with Crippen molar-refractivity contribution in [3.63, 3.8) is 0 Å². The summed E-state index contributed by atoms with van der Waals surface area (Å²) in [6.07, 6.45) is 0. The molecular formula is C15H16N2O3. The van der Waals surface area contributed by atoms with Gasteiger partial charge in [0.25, 0.3) is 0 Å². The van der Waals surface area contributed by atoms with E-state index in [1.165, 1.54) is 12.1 Å². The maximum atomic E-state index is 11.9. The van der Waals surface area contributed by atoms with Gasteiger partial charge < -0.3 is 20.8 Å². The summed E-state index contributed by atoms with van der Waals surface area (Å²) in [5, 5.41) is 24.1. The van der Waals surface area contributed by atoms with Crippen LogP contribution < -0.4 is 10.6 Å². The monoisotopic (exact) mass is 272 g/mol. The molecule has 0 saturated heterocycles. The summed E-state index contributed by atoms with van der Waals surface area (Å²) in [5.41, 5.74) is 2.87. The highest BCUT2D eigenvalue weighted by molar-refractivity contribution is 6.01. The number of aromatic hydroxyl groups is 2. The molecule has 5 nitrogen and oxygen atoms in total. The van der Waals surface area contributed by atoms with Crippen molar-refractivity contribution in [1.82, 2.24) is 0 Å². The zero-order valence-corrected chi connectivity index (χ0v) is 11.3. The average molecular weight is 272 g/mol. The van der Waals surface area contributed by atoms with Crippen LogP contribution in [0, 0.1) is 13.8 Å². The molecule has 0 heterocycles. The number of rotatable bonds is 2. The second-order valence-electron chi connectivity index (χ2n) is 4.55. The third kappa shape index (κ3) is 3.00. The first-order chi connectivity index (χ1) is 9.47. The normalized spacial score (nSPS) is 10.1. The van der Waals surface area contributed by atoms with Crippen molar-refractivity contribution in [2.75, 3.05) is 10.6 Å². The molecule has 20 heavy (non-hydrogen) atoms. The number of phenols is 2. The topological polar surface area (TPSA) is 81.6 Å². The van der Waals surface area contributed by atoms with E-state index in [4.69, 9.17) is 0 Å². The van der Waals surface area contributed by atoms with Crippen LogP contribution in [0.1, 0.15) is 11.1 Å². The van der Waals surface area contributed by atoms with Crippen molar-refractivity contribution in [2.45, 2.75) is 13.8 Å². The first kappa shape index (κ1) is 13.7. The van der Waals surface area contributed by atoms with Gasteiger partial charge in [-0.2, -0.15) is 0 Å². The molecular weight excluding hydrogens is 256 g/mol. The van der Waals surface area contributed by atoms with Crippen LogP contribution in [-0.2, 0) is 0 Å². The minimum atomic E-state index is -0.455. The van der Waals surface area contributed by atoms with Crippen LogP contribution in [0.5, 0.6) is 11.5 Å². The van der Waals surface area contributed by atoms with Crippen LogP contribution in [0.15, 0.2) is 36.4 Å². The average Bonchev–Trinajstić information content (AvgIpc) is 2.37. The molecule has 104 valence electrons. The van der Waals surface area contributed by atoms with E-state index in [0.29, 0.717) is 0 Å². The molecule has 0 unspecified atom stereocenters. The minimum Gasteiger partial charge on any atom is -0.508 e. The van der Waals surface area contributed by atoms with Crippen molar-refractivity contribution >= 4 is 17.4 Å². The van der Waals surface area contributed by atoms with Crippen molar-refractivity contribution in [3.05, 3.63) is 47.5 Å². The van der Waals surface area contributed by atoms with Crippen molar-refractivity contribution in [3.8, 4) is 11.5 Å². The maximum absolute atomic E-state index is 11.9. The number of carbonyl (C=O) groups is 1. The van der Waals surface area contributed by atoms with Gasteiger partial charge in [-0.1, -0.05) is 18.2 Å². The fourth-order valence-electron chi connectivity index (χ4n) is 1.90. The Hall–Kier alpha value is -2.69. The number of urea groups is 1. The number of phenolic OH excluding ortho intramolecular Hbond substituents is 2. The Kier molecular flexibility index (Phi) is 3.79. The van der Waals surface area contributed by atoms with E-state index in [1.54, 1.807) is 0 Å². The summed E-state index contributed by atoms with van der Waals surface area (Å²) in [6, 6.07) is 9.24. The molecule has 0 aromatic heterocycles. The zero-order valence-electron chi connectivity index (χ0n) is 11.3. The molecule has 2 aromatic carbocycles. The fraction of sp³-hybridized carbons (Fsp3) is 0.133. The van der Waals surface area contributed by atoms with Crippen LogP contribution in [0.4, 0.5) is 16.2 Å². The molecule has 0 spiro atoms. The second-order valence-corrected chi connectivity index (χ2v) is 4.55. The van der Waals surface area contributed by atoms with Crippen molar-refractivity contribution in [2.24, 2.45) is 0 Å². The molecule has 0 radical (unpaired) electrons. The number of hydrogen-bond acceptors (Lipinski definition) is 3. The van der Waals surface area contributed by atoms with Gasteiger partial charge in [0.1, 0.15) is 11.5 Å². The lowest BCUT2D eigenvalue weighted by Gasteiger charge is -2.13. The van der Waals surface area contributed by atoms with Crippen LogP contribution in [0.2, 0.25) is 0 Å². The SMILES string of the molecule is Cc1cccc(C)c1NC(=O)Nc1ccc(O)cc1O. The van der Waals surface area contributed by atoms with Gasteiger partial charge in [0.15, 0.2) is 0 Å². The van der Waals surface area contributed by atoms with E-state index in [0.717, 1.165) is 22.9 Å². The fourth-order valence-corrected chi connectivity index (χ4v) is 1.90. The quantitative estimate of drug-likeness (QED) is 0.500. The van der Waals surface area contributed by atoms with Gasteiger partial charge in [0, 0.05) is 11.8 Å². The predicted octanol–water partition coefficient (Wildman–Crippen LogP) is 3.36. The Labute approximate surface area is 116 Å². The Morgan fingerprint density at radius 3 is 2.25 bits per heavy atom. The van der Waals surface area contributed by atoms with Gasteiger partial charge in [-0.25, -0.2) is 4.79 Å². The first-order valence-corrected chi connectivity index (χ1v) is 6.13. The molecule has 2 rings (SSSR count). The number of benzene rings is 2. The van der Waals surface area contributed by atoms with E-state index < -0.39 is 6.03 Å². The molecule has 0 aliphatic rings. The number of para-hydroxylation sites is 1. The minimum absolute atomic E-state index is 0.0665.